The van der Waals surface area contributed by atoms with Crippen LogP contribution in [-0.2, 0) is 0 Å². The third-order valence-corrected chi connectivity index (χ3v) is 2.08. The molecule has 0 atom stereocenters. The van der Waals surface area contributed by atoms with Crippen LogP contribution in [-0.4, -0.2) is 4.92 Å². The van der Waals surface area contributed by atoms with Crippen molar-refractivity contribution in [1.82, 2.24) is 0 Å². The normalized spacial score (nSPS) is 11.6. The number of rotatable bonds is 2. The largest absolute Gasteiger partial charge is 0.397 e. The van der Waals surface area contributed by atoms with Gasteiger partial charge in [0.25, 0.3) is 0 Å². The molecule has 0 heterocycles. The standard InChI is InChI=1S/C10H7F2N3O2/c1-5(4-13)10(14)7-2-6(11)3-8(9(7)12)15(16)17/h2-3H,14H2,1H3/b10-5-. The second kappa shape index (κ2) is 4.57. The zero-order valence-corrected chi connectivity index (χ0v) is 8.70. The quantitative estimate of drug-likeness (QED) is 0.485. The SMILES string of the molecule is C/C(C#N)=C(/N)c1cc(F)cc([N+](=O)[O-])c1F. The van der Waals surface area contributed by atoms with Crippen LogP contribution in [0.2, 0.25) is 0 Å². The van der Waals surface area contributed by atoms with E-state index in [9.17, 15) is 18.9 Å². The van der Waals surface area contributed by atoms with Gasteiger partial charge in [0.05, 0.1) is 28.3 Å². The van der Waals surface area contributed by atoms with Gasteiger partial charge in [-0.25, -0.2) is 4.39 Å². The van der Waals surface area contributed by atoms with Crippen molar-refractivity contribution in [2.24, 2.45) is 5.73 Å². The molecule has 0 spiro atoms. The fraction of sp³-hybridized carbons (Fsp3) is 0.100. The van der Waals surface area contributed by atoms with Gasteiger partial charge < -0.3 is 5.73 Å². The van der Waals surface area contributed by atoms with E-state index in [4.69, 9.17) is 11.0 Å². The Morgan fingerprint density at radius 3 is 2.59 bits per heavy atom. The number of nitrogens with two attached hydrogens (primary N) is 1. The van der Waals surface area contributed by atoms with Crippen LogP contribution in [0.4, 0.5) is 14.5 Å². The van der Waals surface area contributed by atoms with E-state index in [-0.39, 0.29) is 11.3 Å². The fourth-order valence-corrected chi connectivity index (χ4v) is 1.17. The average molecular weight is 239 g/mol. The van der Waals surface area contributed by atoms with Crippen LogP contribution < -0.4 is 5.73 Å². The van der Waals surface area contributed by atoms with E-state index in [2.05, 4.69) is 0 Å². The number of nitro groups is 1. The van der Waals surface area contributed by atoms with Crippen LogP contribution in [0.3, 0.4) is 0 Å². The van der Waals surface area contributed by atoms with Crippen LogP contribution in [0.25, 0.3) is 5.70 Å². The first-order valence-electron chi connectivity index (χ1n) is 4.38. The number of allylic oxidation sites excluding steroid dienone is 1. The molecule has 5 nitrogen and oxygen atoms in total. The third kappa shape index (κ3) is 2.36. The van der Waals surface area contributed by atoms with Crippen LogP contribution in [0, 0.1) is 33.1 Å². The smallest absolute Gasteiger partial charge is 0.308 e. The van der Waals surface area contributed by atoms with Crippen molar-refractivity contribution >= 4 is 11.4 Å². The van der Waals surface area contributed by atoms with Crippen molar-refractivity contribution in [3.8, 4) is 6.07 Å². The molecule has 0 aliphatic rings. The molecule has 1 aromatic carbocycles. The molecule has 0 saturated carbocycles. The maximum atomic E-state index is 13.6. The minimum Gasteiger partial charge on any atom is -0.397 e. The van der Waals surface area contributed by atoms with Crippen molar-refractivity contribution in [2.45, 2.75) is 6.92 Å². The van der Waals surface area contributed by atoms with Gasteiger partial charge in [-0.3, -0.25) is 10.1 Å². The fourth-order valence-electron chi connectivity index (χ4n) is 1.17. The highest BCUT2D eigenvalue weighted by atomic mass is 19.1. The van der Waals surface area contributed by atoms with Crippen LogP contribution in [0.5, 0.6) is 0 Å². The van der Waals surface area contributed by atoms with Gasteiger partial charge in [-0.2, -0.15) is 9.65 Å². The minimum absolute atomic E-state index is 0.0520. The molecule has 0 amide bonds. The van der Waals surface area contributed by atoms with E-state index < -0.39 is 27.8 Å². The summed E-state index contributed by atoms with van der Waals surface area (Å²) >= 11 is 0. The topological polar surface area (TPSA) is 93.0 Å². The maximum Gasteiger partial charge on any atom is 0.308 e. The lowest BCUT2D eigenvalue weighted by atomic mass is 10.1. The van der Waals surface area contributed by atoms with Gasteiger partial charge in [0, 0.05) is 5.56 Å². The van der Waals surface area contributed by atoms with Gasteiger partial charge in [0.2, 0.25) is 5.82 Å². The number of nitro benzene ring substituents is 1. The molecule has 0 aliphatic carbocycles. The molecule has 17 heavy (non-hydrogen) atoms. The van der Waals surface area contributed by atoms with Crippen molar-refractivity contribution in [1.29, 1.82) is 5.26 Å². The van der Waals surface area contributed by atoms with E-state index in [1.165, 1.54) is 6.92 Å². The Morgan fingerprint density at radius 2 is 2.12 bits per heavy atom. The third-order valence-electron chi connectivity index (χ3n) is 2.08. The highest BCUT2D eigenvalue weighted by Gasteiger charge is 2.22. The molecule has 2 N–H and O–H groups in total. The summed E-state index contributed by atoms with van der Waals surface area (Å²) in [6.45, 7) is 1.30. The molecule has 1 aromatic rings. The first kappa shape index (κ1) is 12.6. The molecular weight excluding hydrogens is 232 g/mol. The minimum atomic E-state index is -1.26. The van der Waals surface area contributed by atoms with E-state index in [1.807, 2.05) is 0 Å². The van der Waals surface area contributed by atoms with Crippen molar-refractivity contribution in [2.75, 3.05) is 0 Å². The summed E-state index contributed by atoms with van der Waals surface area (Å²) in [5.41, 5.74) is 3.53. The molecular formula is C10H7F2N3O2. The van der Waals surface area contributed by atoms with Gasteiger partial charge >= 0.3 is 5.69 Å². The molecule has 88 valence electrons. The Bertz CT molecular complexity index is 561. The van der Waals surface area contributed by atoms with Crippen molar-refractivity contribution in [3.63, 3.8) is 0 Å². The van der Waals surface area contributed by atoms with Crippen LogP contribution >= 0.6 is 0 Å². The van der Waals surface area contributed by atoms with Gasteiger partial charge in [-0.1, -0.05) is 0 Å². The van der Waals surface area contributed by atoms with Gasteiger partial charge in [-0.05, 0) is 13.0 Å². The van der Waals surface area contributed by atoms with E-state index >= 15 is 0 Å². The monoisotopic (exact) mass is 239 g/mol. The first-order chi connectivity index (χ1) is 7.88. The Balaban J connectivity index is 3.57. The van der Waals surface area contributed by atoms with E-state index in [0.29, 0.717) is 12.1 Å². The Morgan fingerprint density at radius 1 is 1.53 bits per heavy atom. The average Bonchev–Trinajstić information content (AvgIpc) is 2.29. The molecule has 0 saturated heterocycles. The summed E-state index contributed by atoms with van der Waals surface area (Å²) in [6.07, 6.45) is 0. The lowest BCUT2D eigenvalue weighted by Gasteiger charge is -2.05. The zero-order chi connectivity index (χ0) is 13.2. The second-order valence-corrected chi connectivity index (χ2v) is 3.19. The van der Waals surface area contributed by atoms with E-state index in [0.717, 1.165) is 0 Å². The summed E-state index contributed by atoms with van der Waals surface area (Å²) in [5.74, 6) is -2.26. The second-order valence-electron chi connectivity index (χ2n) is 3.19. The molecule has 0 radical (unpaired) electrons. The molecule has 1 rings (SSSR count). The summed E-state index contributed by atoms with van der Waals surface area (Å²) in [5, 5.41) is 19.0. The number of halogens is 2. The molecule has 0 aromatic heterocycles. The van der Waals surface area contributed by atoms with Gasteiger partial charge in [-0.15, -0.1) is 0 Å². The van der Waals surface area contributed by atoms with Gasteiger partial charge in [0.1, 0.15) is 5.82 Å². The predicted octanol–water partition coefficient (Wildman–Crippen LogP) is 2.09. The Kier molecular flexibility index (Phi) is 3.38. The van der Waals surface area contributed by atoms with Gasteiger partial charge in [0.15, 0.2) is 0 Å². The Hall–Kier alpha value is -2.49. The highest BCUT2D eigenvalue weighted by molar-refractivity contribution is 5.70. The number of hydrogen-bond donors (Lipinski definition) is 1. The summed E-state index contributed by atoms with van der Waals surface area (Å²) < 4.78 is 26.7. The lowest BCUT2D eigenvalue weighted by Crippen LogP contribution is -2.05. The molecule has 0 bridgehead atoms. The van der Waals surface area contributed by atoms with E-state index in [1.54, 1.807) is 6.07 Å². The summed E-state index contributed by atoms with van der Waals surface area (Å²) in [7, 11) is 0. The molecule has 0 fully saturated rings. The lowest BCUT2D eigenvalue weighted by molar-refractivity contribution is -0.387. The highest BCUT2D eigenvalue weighted by Crippen LogP contribution is 2.26. The predicted molar refractivity (Wildman–Crippen MR) is 55.4 cm³/mol. The molecule has 0 unspecified atom stereocenters. The van der Waals surface area contributed by atoms with Crippen LogP contribution in [0.15, 0.2) is 17.7 Å². The zero-order valence-electron chi connectivity index (χ0n) is 8.70. The van der Waals surface area contributed by atoms with Crippen LogP contribution in [0.1, 0.15) is 12.5 Å². The number of nitrogens with zero attached hydrogens (tertiary/aromatic N) is 2. The number of nitriles is 1. The molecule has 0 aliphatic heterocycles. The number of hydrogen-bond acceptors (Lipinski definition) is 4. The number of benzene rings is 1. The summed E-state index contributed by atoms with van der Waals surface area (Å²) in [4.78, 5) is 9.41. The maximum absolute atomic E-state index is 13.6. The first-order valence-corrected chi connectivity index (χ1v) is 4.38. The van der Waals surface area contributed by atoms with Crippen molar-refractivity contribution in [3.05, 3.63) is 45.0 Å². The summed E-state index contributed by atoms with van der Waals surface area (Å²) in [6, 6.07) is 2.81. The Labute approximate surface area is 94.9 Å². The molecule has 7 heteroatoms. The van der Waals surface area contributed by atoms with Crippen molar-refractivity contribution < 1.29 is 13.7 Å².